The van der Waals surface area contributed by atoms with Crippen LogP contribution in [0.5, 0.6) is 0 Å². The first-order valence-corrected chi connectivity index (χ1v) is 9.28. The van der Waals surface area contributed by atoms with Gasteiger partial charge in [0.2, 0.25) is 0 Å². The lowest BCUT2D eigenvalue weighted by Crippen LogP contribution is -2.42. The lowest BCUT2D eigenvalue weighted by molar-refractivity contribution is 0.0651. The minimum absolute atomic E-state index is 0.00170. The molecule has 5 nitrogen and oxygen atoms in total. The number of hydrogen-bond donors (Lipinski definition) is 1. The van der Waals surface area contributed by atoms with Crippen molar-refractivity contribution in [2.75, 3.05) is 31.6 Å². The lowest BCUT2D eigenvalue weighted by atomic mass is 10.1. The SMILES string of the molecule is CCNc1nc(C(=O)N(CCc2ccccc2)[C@H]2CCOC2)cs1. The fourth-order valence-corrected chi connectivity index (χ4v) is 3.62. The molecule has 128 valence electrons. The van der Waals surface area contributed by atoms with Gasteiger partial charge in [0.05, 0.1) is 12.6 Å². The van der Waals surface area contributed by atoms with Gasteiger partial charge in [-0.1, -0.05) is 30.3 Å². The zero-order valence-electron chi connectivity index (χ0n) is 13.9. The first-order valence-electron chi connectivity index (χ1n) is 8.40. The summed E-state index contributed by atoms with van der Waals surface area (Å²) in [7, 11) is 0. The van der Waals surface area contributed by atoms with Crippen LogP contribution in [0.1, 0.15) is 29.4 Å². The molecule has 0 radical (unpaired) electrons. The van der Waals surface area contributed by atoms with Crippen LogP contribution in [-0.4, -0.2) is 48.1 Å². The number of amides is 1. The molecule has 1 saturated heterocycles. The van der Waals surface area contributed by atoms with Crippen molar-refractivity contribution < 1.29 is 9.53 Å². The number of benzene rings is 1. The van der Waals surface area contributed by atoms with Gasteiger partial charge in [-0.25, -0.2) is 4.98 Å². The summed E-state index contributed by atoms with van der Waals surface area (Å²) in [5.41, 5.74) is 1.76. The van der Waals surface area contributed by atoms with Crippen LogP contribution in [0.3, 0.4) is 0 Å². The van der Waals surface area contributed by atoms with Crippen LogP contribution in [0, 0.1) is 0 Å². The zero-order chi connectivity index (χ0) is 16.8. The average Bonchev–Trinajstić information content (AvgIpc) is 3.28. The van der Waals surface area contributed by atoms with E-state index in [4.69, 9.17) is 4.74 Å². The molecule has 0 spiro atoms. The average molecular weight is 345 g/mol. The monoisotopic (exact) mass is 345 g/mol. The second-order valence-electron chi connectivity index (χ2n) is 5.82. The van der Waals surface area contributed by atoms with Crippen molar-refractivity contribution in [1.82, 2.24) is 9.88 Å². The van der Waals surface area contributed by atoms with Crippen molar-refractivity contribution >= 4 is 22.4 Å². The molecule has 1 aliphatic rings. The molecule has 1 atom stereocenters. The summed E-state index contributed by atoms with van der Waals surface area (Å²) in [6, 6.07) is 10.4. The molecular formula is C18H23N3O2S. The molecular weight excluding hydrogens is 322 g/mol. The normalized spacial score (nSPS) is 17.0. The Bertz CT molecular complexity index is 653. The number of hydrogen-bond acceptors (Lipinski definition) is 5. The molecule has 1 fully saturated rings. The predicted molar refractivity (Wildman–Crippen MR) is 96.7 cm³/mol. The number of thiazole rings is 1. The van der Waals surface area contributed by atoms with Crippen molar-refractivity contribution in [3.63, 3.8) is 0 Å². The number of nitrogens with zero attached hydrogens (tertiary/aromatic N) is 2. The van der Waals surface area contributed by atoms with E-state index >= 15 is 0 Å². The Balaban J connectivity index is 1.72. The van der Waals surface area contributed by atoms with Crippen LogP contribution in [0.25, 0.3) is 0 Å². The Hall–Kier alpha value is -1.92. The Morgan fingerprint density at radius 3 is 2.96 bits per heavy atom. The number of nitrogens with one attached hydrogen (secondary N) is 1. The number of carbonyl (C=O) groups is 1. The summed E-state index contributed by atoms with van der Waals surface area (Å²) in [6.07, 6.45) is 1.73. The van der Waals surface area contributed by atoms with E-state index in [1.807, 2.05) is 35.4 Å². The number of carbonyl (C=O) groups excluding carboxylic acids is 1. The molecule has 1 amide bonds. The number of anilines is 1. The summed E-state index contributed by atoms with van der Waals surface area (Å²) in [5, 5.41) is 5.80. The van der Waals surface area contributed by atoms with Crippen LogP contribution in [0.15, 0.2) is 35.7 Å². The van der Waals surface area contributed by atoms with Crippen LogP contribution in [0.2, 0.25) is 0 Å². The highest BCUT2D eigenvalue weighted by Crippen LogP contribution is 2.20. The zero-order valence-corrected chi connectivity index (χ0v) is 14.7. The van der Waals surface area contributed by atoms with Gasteiger partial charge in [0, 0.05) is 25.1 Å². The summed E-state index contributed by atoms with van der Waals surface area (Å²) < 4.78 is 5.50. The molecule has 0 saturated carbocycles. The van der Waals surface area contributed by atoms with Gasteiger partial charge in [0.15, 0.2) is 5.13 Å². The lowest BCUT2D eigenvalue weighted by Gasteiger charge is -2.27. The molecule has 1 aromatic heterocycles. The molecule has 0 unspecified atom stereocenters. The van der Waals surface area contributed by atoms with Gasteiger partial charge in [0.25, 0.3) is 5.91 Å². The quantitative estimate of drug-likeness (QED) is 0.838. The van der Waals surface area contributed by atoms with Crippen molar-refractivity contribution in [3.8, 4) is 0 Å². The summed E-state index contributed by atoms with van der Waals surface area (Å²) in [6.45, 7) is 4.84. The highest BCUT2D eigenvalue weighted by Gasteiger charge is 2.29. The second kappa shape index (κ2) is 8.26. The molecule has 1 aromatic carbocycles. The van der Waals surface area contributed by atoms with Gasteiger partial charge >= 0.3 is 0 Å². The minimum Gasteiger partial charge on any atom is -0.379 e. The fourth-order valence-electron chi connectivity index (χ4n) is 2.86. The first-order chi connectivity index (χ1) is 11.8. The van der Waals surface area contributed by atoms with Crippen LogP contribution in [-0.2, 0) is 11.2 Å². The van der Waals surface area contributed by atoms with E-state index in [1.165, 1.54) is 16.9 Å². The standard InChI is InChI=1S/C18H23N3O2S/c1-2-19-18-20-16(13-24-18)17(22)21(15-9-11-23-12-15)10-8-14-6-4-3-5-7-14/h3-7,13,15H,2,8-12H2,1H3,(H,19,20)/t15-/m0/s1. The van der Waals surface area contributed by atoms with Crippen LogP contribution < -0.4 is 5.32 Å². The van der Waals surface area contributed by atoms with Crippen molar-refractivity contribution in [3.05, 3.63) is 47.0 Å². The molecule has 2 aromatic rings. The topological polar surface area (TPSA) is 54.5 Å². The van der Waals surface area contributed by atoms with E-state index in [0.29, 0.717) is 18.8 Å². The van der Waals surface area contributed by atoms with Crippen molar-refractivity contribution in [1.29, 1.82) is 0 Å². The molecule has 2 heterocycles. The second-order valence-corrected chi connectivity index (χ2v) is 6.68. The van der Waals surface area contributed by atoms with Gasteiger partial charge in [-0.3, -0.25) is 4.79 Å². The molecule has 1 aliphatic heterocycles. The third kappa shape index (κ3) is 4.13. The van der Waals surface area contributed by atoms with Crippen LogP contribution in [0.4, 0.5) is 5.13 Å². The number of rotatable bonds is 7. The fraction of sp³-hybridized carbons (Fsp3) is 0.444. The minimum atomic E-state index is 0.00170. The molecule has 0 aliphatic carbocycles. The van der Waals surface area contributed by atoms with Gasteiger partial charge in [-0.15, -0.1) is 11.3 Å². The van der Waals surface area contributed by atoms with Gasteiger partial charge < -0.3 is 15.0 Å². The molecule has 24 heavy (non-hydrogen) atoms. The van der Waals surface area contributed by atoms with E-state index in [-0.39, 0.29) is 11.9 Å². The third-order valence-electron chi connectivity index (χ3n) is 4.14. The highest BCUT2D eigenvalue weighted by atomic mass is 32.1. The van der Waals surface area contributed by atoms with Gasteiger partial charge in [-0.05, 0) is 25.3 Å². The predicted octanol–water partition coefficient (Wildman–Crippen LogP) is 3.05. The number of ether oxygens (including phenoxy) is 1. The summed E-state index contributed by atoms with van der Waals surface area (Å²) >= 11 is 1.48. The maximum atomic E-state index is 13.0. The van der Waals surface area contributed by atoms with Crippen molar-refractivity contribution in [2.24, 2.45) is 0 Å². The van der Waals surface area contributed by atoms with E-state index in [0.717, 1.165) is 31.1 Å². The van der Waals surface area contributed by atoms with Crippen LogP contribution >= 0.6 is 11.3 Å². The summed E-state index contributed by atoms with van der Waals surface area (Å²) in [4.78, 5) is 19.3. The largest absolute Gasteiger partial charge is 0.379 e. The maximum Gasteiger partial charge on any atom is 0.273 e. The molecule has 1 N–H and O–H groups in total. The van der Waals surface area contributed by atoms with E-state index < -0.39 is 0 Å². The Morgan fingerprint density at radius 1 is 1.42 bits per heavy atom. The number of aromatic nitrogens is 1. The highest BCUT2D eigenvalue weighted by molar-refractivity contribution is 7.13. The Kier molecular flexibility index (Phi) is 5.82. The Morgan fingerprint density at radius 2 is 2.25 bits per heavy atom. The smallest absolute Gasteiger partial charge is 0.273 e. The third-order valence-corrected chi connectivity index (χ3v) is 4.94. The Labute approximate surface area is 146 Å². The van der Waals surface area contributed by atoms with E-state index in [2.05, 4.69) is 22.4 Å². The maximum absolute atomic E-state index is 13.0. The van der Waals surface area contributed by atoms with Gasteiger partial charge in [-0.2, -0.15) is 0 Å². The van der Waals surface area contributed by atoms with Crippen molar-refractivity contribution in [2.45, 2.75) is 25.8 Å². The van der Waals surface area contributed by atoms with E-state index in [1.54, 1.807) is 0 Å². The van der Waals surface area contributed by atoms with Gasteiger partial charge in [0.1, 0.15) is 5.69 Å². The molecule has 0 bridgehead atoms. The molecule has 3 rings (SSSR count). The first kappa shape index (κ1) is 16.9. The molecule has 6 heteroatoms. The van der Waals surface area contributed by atoms with E-state index in [9.17, 15) is 4.79 Å². The summed E-state index contributed by atoms with van der Waals surface area (Å²) in [5.74, 6) is 0.00170.